The van der Waals surface area contributed by atoms with Crippen LogP contribution >= 0.6 is 15.9 Å². The molecule has 0 bridgehead atoms. The van der Waals surface area contributed by atoms with Crippen molar-refractivity contribution in [3.63, 3.8) is 0 Å². The molecule has 3 rings (SSSR count). The van der Waals surface area contributed by atoms with Crippen molar-refractivity contribution in [1.82, 2.24) is 0 Å². The van der Waals surface area contributed by atoms with E-state index in [0.29, 0.717) is 0 Å². The number of hydrogen-bond donors (Lipinski definition) is 0. The molecule has 388 valence electrons. The predicted octanol–water partition coefficient (Wildman–Crippen LogP) is 10.7. The molecule has 3 aliphatic rings. The van der Waals surface area contributed by atoms with Crippen LogP contribution in [0, 0.1) is 11.8 Å². The predicted molar refractivity (Wildman–Crippen MR) is 172 cm³/mol. The number of allylic oxidation sites excluding steroid dienone is 2. The minimum Gasteiger partial charge on any atom is -0.365 e. The summed E-state index contributed by atoms with van der Waals surface area (Å²) in [6, 6.07) is 0. The second-order valence-corrected chi connectivity index (χ2v) is 16.2. The van der Waals surface area contributed by atoms with Crippen LogP contribution in [0.25, 0.3) is 0 Å². The molecule has 0 amide bonds. The maximum Gasteiger partial charge on any atom is 0.380 e. The molecule has 0 spiro atoms. The Bertz CT molecular complexity index is 1530. The van der Waals surface area contributed by atoms with Crippen molar-refractivity contribution in [3.8, 4) is 0 Å². The molecular formula is C34H32BrF27O4. The van der Waals surface area contributed by atoms with E-state index in [2.05, 4.69) is 32.1 Å². The first-order valence-corrected chi connectivity index (χ1v) is 19.1. The summed E-state index contributed by atoms with van der Waals surface area (Å²) in [5, 5.41) is 0. The standard InChI is InChI=1S/C34H32BrF27O4/c1-3-9-12(36)18(42)20(44)23(14(9)38)63-5-27(47,48)31(55,56)33(59,60)29(51,52)7-65-25-16(40)11(35)17(41)26(22(25)46)66-8-30(53,54)34(61,62)32(57,58)28(49,50)6-64-24-15(39)10(4-2)13(37)19(43)21(24)45/h3-4,9-26H,1-2,5-8H2. The van der Waals surface area contributed by atoms with E-state index in [-0.39, 0.29) is 12.2 Å². The van der Waals surface area contributed by atoms with Gasteiger partial charge in [0.15, 0.2) is 30.9 Å². The smallest absolute Gasteiger partial charge is 0.365 e. The Morgan fingerprint density at radius 3 is 0.742 bits per heavy atom. The Balaban J connectivity index is 1.77. The van der Waals surface area contributed by atoms with Gasteiger partial charge in [0.05, 0.1) is 4.83 Å². The Hall–Kier alpha value is -2.09. The molecule has 3 fully saturated rings. The Morgan fingerprint density at radius 1 is 0.318 bits per heavy atom. The minimum atomic E-state index is -7.52. The van der Waals surface area contributed by atoms with E-state index in [4.69, 9.17) is 0 Å². The van der Waals surface area contributed by atoms with Crippen molar-refractivity contribution in [2.24, 2.45) is 11.8 Å². The van der Waals surface area contributed by atoms with Crippen LogP contribution in [0.4, 0.5) is 119 Å². The SMILES string of the molecule is C=CC1C(F)C(F)C(F)C(OCC(F)(F)C(F)(F)C(F)(F)C(F)(F)COC2C(F)C(Br)C(F)C(OCC(F)(F)C(F)(F)C(F)(F)C(F)(F)COC3C(F)C(F)C(F)C(C=C)C3F)C2F)C1F. The normalized spacial score (nSPS) is 38.3. The van der Waals surface area contributed by atoms with Crippen LogP contribution in [0.2, 0.25) is 0 Å². The molecule has 4 nitrogen and oxygen atoms in total. The average molecular weight is 1100 g/mol. The van der Waals surface area contributed by atoms with E-state index in [1.807, 2.05) is 15.9 Å². The molecule has 0 aromatic carbocycles. The van der Waals surface area contributed by atoms with Crippen molar-refractivity contribution < 1.29 is 137 Å². The van der Waals surface area contributed by atoms with Gasteiger partial charge in [0, 0.05) is 11.8 Å². The van der Waals surface area contributed by atoms with E-state index in [9.17, 15) is 114 Å². The lowest BCUT2D eigenvalue weighted by atomic mass is 9.81. The molecule has 0 aliphatic heterocycles. The summed E-state index contributed by atoms with van der Waals surface area (Å²) in [7, 11) is 0. The molecule has 0 saturated heterocycles. The van der Waals surface area contributed by atoms with Gasteiger partial charge in [0.1, 0.15) is 87.9 Å². The van der Waals surface area contributed by atoms with Gasteiger partial charge >= 0.3 is 47.4 Å². The maximum atomic E-state index is 15.2. The summed E-state index contributed by atoms with van der Waals surface area (Å²) in [5.41, 5.74) is 0. The van der Waals surface area contributed by atoms with Crippen LogP contribution in [0.15, 0.2) is 25.3 Å². The minimum absolute atomic E-state index is 0.255. The number of rotatable bonds is 20. The van der Waals surface area contributed by atoms with Crippen LogP contribution < -0.4 is 0 Å². The zero-order valence-electron chi connectivity index (χ0n) is 32.0. The summed E-state index contributed by atoms with van der Waals surface area (Å²) in [6.45, 7) is -8.18. The Morgan fingerprint density at radius 2 is 0.530 bits per heavy atom. The van der Waals surface area contributed by atoms with E-state index >= 15 is 4.39 Å². The second-order valence-electron chi connectivity index (χ2n) is 15.2. The summed E-state index contributed by atoms with van der Waals surface area (Å²) in [6.07, 6.45) is -51.4. The zero-order valence-corrected chi connectivity index (χ0v) is 33.6. The van der Waals surface area contributed by atoms with Gasteiger partial charge in [0.2, 0.25) is 0 Å². The molecule has 16 atom stereocenters. The molecule has 0 aromatic heterocycles. The number of hydrogen-bond acceptors (Lipinski definition) is 4. The maximum absolute atomic E-state index is 15.2. The largest absolute Gasteiger partial charge is 0.380 e. The summed E-state index contributed by atoms with van der Waals surface area (Å²) in [4.78, 5) is -2.90. The molecule has 3 aliphatic carbocycles. The first kappa shape index (κ1) is 58.2. The monoisotopic (exact) mass is 1100 g/mol. The average Bonchev–Trinajstić information content (AvgIpc) is 3.21. The van der Waals surface area contributed by atoms with Gasteiger partial charge in [0.25, 0.3) is 0 Å². The first-order chi connectivity index (χ1) is 29.7. The van der Waals surface area contributed by atoms with E-state index in [0.717, 1.165) is 0 Å². The van der Waals surface area contributed by atoms with Gasteiger partial charge in [-0.25, -0.2) is 48.3 Å². The highest BCUT2D eigenvalue weighted by Gasteiger charge is 2.82. The van der Waals surface area contributed by atoms with Crippen molar-refractivity contribution in [3.05, 3.63) is 25.3 Å². The molecule has 0 aromatic rings. The van der Waals surface area contributed by atoms with Crippen molar-refractivity contribution in [2.45, 2.75) is 145 Å². The fourth-order valence-electron chi connectivity index (χ4n) is 6.70. The van der Waals surface area contributed by atoms with Crippen LogP contribution in [-0.2, 0) is 18.9 Å². The van der Waals surface area contributed by atoms with Crippen molar-refractivity contribution in [2.75, 3.05) is 26.4 Å². The van der Waals surface area contributed by atoms with Crippen LogP contribution in [0.3, 0.4) is 0 Å². The second kappa shape index (κ2) is 20.0. The summed E-state index contributed by atoms with van der Waals surface area (Å²) < 4.78 is 405. The van der Waals surface area contributed by atoms with Gasteiger partial charge in [-0.1, -0.05) is 28.1 Å². The fraction of sp³-hybridized carbons (Fsp3) is 0.882. The van der Waals surface area contributed by atoms with E-state index in [1.54, 1.807) is 0 Å². The van der Waals surface area contributed by atoms with E-state index in [1.165, 1.54) is 0 Å². The number of halogens is 28. The lowest BCUT2D eigenvalue weighted by molar-refractivity contribution is -0.383. The molecule has 66 heavy (non-hydrogen) atoms. The number of ether oxygens (including phenoxy) is 4. The molecule has 32 heteroatoms. The van der Waals surface area contributed by atoms with E-state index < -0.39 is 183 Å². The molecular weight excluding hydrogens is 1070 g/mol. The quantitative estimate of drug-likeness (QED) is 0.0692. The first-order valence-electron chi connectivity index (χ1n) is 18.1. The highest BCUT2D eigenvalue weighted by molar-refractivity contribution is 9.09. The summed E-state index contributed by atoms with van der Waals surface area (Å²) in [5.74, 6) is -61.8. The zero-order chi connectivity index (χ0) is 51.5. The summed E-state index contributed by atoms with van der Waals surface area (Å²) >= 11 is 1.99. The van der Waals surface area contributed by atoms with Gasteiger partial charge < -0.3 is 18.9 Å². The molecule has 0 N–H and O–H groups in total. The third kappa shape index (κ3) is 9.95. The van der Waals surface area contributed by atoms with Crippen LogP contribution in [0.5, 0.6) is 0 Å². The van der Waals surface area contributed by atoms with Gasteiger partial charge in [-0.2, -0.15) is 70.2 Å². The third-order valence-corrected chi connectivity index (χ3v) is 11.8. The van der Waals surface area contributed by atoms with Crippen LogP contribution in [-0.4, -0.2) is 171 Å². The highest BCUT2D eigenvalue weighted by Crippen LogP contribution is 2.55. The lowest BCUT2D eigenvalue weighted by Gasteiger charge is -2.43. The number of alkyl halides is 28. The van der Waals surface area contributed by atoms with Crippen LogP contribution in [0.1, 0.15) is 0 Å². The molecule has 0 radical (unpaired) electrons. The molecule has 3 saturated carbocycles. The Kier molecular flexibility index (Phi) is 17.6. The molecule has 0 heterocycles. The van der Waals surface area contributed by atoms with Gasteiger partial charge in [-0.15, -0.1) is 13.2 Å². The lowest BCUT2D eigenvalue weighted by Crippen LogP contribution is -2.66. The van der Waals surface area contributed by atoms with Gasteiger partial charge in [-0.3, -0.25) is 0 Å². The molecule has 16 unspecified atom stereocenters. The topological polar surface area (TPSA) is 36.9 Å². The van der Waals surface area contributed by atoms with Gasteiger partial charge in [-0.05, 0) is 0 Å². The van der Waals surface area contributed by atoms with Crippen molar-refractivity contribution >= 4 is 15.9 Å². The highest BCUT2D eigenvalue weighted by atomic mass is 79.9. The van der Waals surface area contributed by atoms with Crippen molar-refractivity contribution in [1.29, 1.82) is 0 Å². The fourth-order valence-corrected chi connectivity index (χ4v) is 7.30. The Labute approximate surface area is 361 Å². The third-order valence-electron chi connectivity index (χ3n) is 10.8.